The van der Waals surface area contributed by atoms with Crippen LogP contribution >= 0.6 is 0 Å². The van der Waals surface area contributed by atoms with Gasteiger partial charge in [0.15, 0.2) is 0 Å². The van der Waals surface area contributed by atoms with Gasteiger partial charge in [-0.3, -0.25) is 4.79 Å². The van der Waals surface area contributed by atoms with Crippen LogP contribution in [0.2, 0.25) is 0 Å². The molecule has 1 aromatic carbocycles. The molecule has 0 aromatic heterocycles. The molecule has 1 aliphatic rings. The highest BCUT2D eigenvalue weighted by atomic mass is 16.5. The summed E-state index contributed by atoms with van der Waals surface area (Å²) in [5.74, 6) is 0.349. The monoisotopic (exact) mass is 335 g/mol. The van der Waals surface area contributed by atoms with Crippen molar-refractivity contribution in [3.63, 3.8) is 0 Å². The number of amides is 1. The number of carbonyl (C=O) groups is 1. The number of hydrogen-bond acceptors (Lipinski definition) is 5. The molecule has 1 atom stereocenters. The second-order valence-electron chi connectivity index (χ2n) is 6.40. The van der Waals surface area contributed by atoms with Crippen molar-refractivity contribution in [2.75, 3.05) is 32.8 Å². The van der Waals surface area contributed by atoms with E-state index in [4.69, 9.17) is 10.5 Å². The van der Waals surface area contributed by atoms with Gasteiger partial charge in [-0.25, -0.2) is 0 Å². The summed E-state index contributed by atoms with van der Waals surface area (Å²) in [7, 11) is 0. The van der Waals surface area contributed by atoms with E-state index in [1.54, 1.807) is 0 Å². The van der Waals surface area contributed by atoms with Gasteiger partial charge in [0, 0.05) is 13.1 Å². The number of benzene rings is 1. The highest BCUT2D eigenvalue weighted by Gasteiger charge is 2.14. The number of carbonyl (C=O) groups excluding carboxylic acids is 1. The van der Waals surface area contributed by atoms with Gasteiger partial charge in [-0.1, -0.05) is 25.0 Å². The minimum absolute atomic E-state index is 0.152. The normalized spacial score (nSPS) is 17.2. The topological polar surface area (TPSA) is 87.8 Å². The number of primary amides is 1. The van der Waals surface area contributed by atoms with E-state index in [0.717, 1.165) is 24.4 Å². The van der Waals surface area contributed by atoms with Crippen molar-refractivity contribution in [3.8, 4) is 5.75 Å². The lowest BCUT2D eigenvalue weighted by Gasteiger charge is -2.23. The van der Waals surface area contributed by atoms with Crippen LogP contribution in [0.3, 0.4) is 0 Å². The standard InChI is InChI=1S/C18H29N3O3/c19-18(23)12-20-11-15-6-5-7-17(10-15)24-14-16(22)13-21-8-3-1-2-4-9-21/h5-7,10,16,20,22H,1-4,8-9,11-14H2,(H2,19,23). The molecule has 1 aliphatic heterocycles. The van der Waals surface area contributed by atoms with Gasteiger partial charge in [0.05, 0.1) is 6.54 Å². The first kappa shape index (κ1) is 18.7. The molecule has 6 heteroatoms. The number of β-amino-alcohol motifs (C(OH)–C–C–N with tert-alkyl or cyclic N) is 1. The maximum atomic E-state index is 10.7. The fourth-order valence-corrected chi connectivity index (χ4v) is 2.94. The zero-order chi connectivity index (χ0) is 17.2. The lowest BCUT2D eigenvalue weighted by atomic mass is 10.2. The number of likely N-dealkylation sites (tertiary alicyclic amines) is 1. The van der Waals surface area contributed by atoms with Crippen LogP contribution in [0.25, 0.3) is 0 Å². The minimum atomic E-state index is -0.486. The molecule has 2 rings (SSSR count). The fraction of sp³-hybridized carbons (Fsp3) is 0.611. The molecule has 24 heavy (non-hydrogen) atoms. The summed E-state index contributed by atoms with van der Waals surface area (Å²) < 4.78 is 5.71. The lowest BCUT2D eigenvalue weighted by molar-refractivity contribution is -0.117. The molecule has 4 N–H and O–H groups in total. The van der Waals surface area contributed by atoms with Crippen LogP contribution < -0.4 is 15.8 Å². The van der Waals surface area contributed by atoms with E-state index in [1.807, 2.05) is 24.3 Å². The van der Waals surface area contributed by atoms with Gasteiger partial charge in [0.25, 0.3) is 0 Å². The van der Waals surface area contributed by atoms with Gasteiger partial charge < -0.3 is 25.8 Å². The summed E-state index contributed by atoms with van der Waals surface area (Å²) in [6.07, 6.45) is 4.53. The van der Waals surface area contributed by atoms with Crippen LogP contribution in [0.15, 0.2) is 24.3 Å². The van der Waals surface area contributed by atoms with Gasteiger partial charge in [0.1, 0.15) is 18.5 Å². The third-order valence-electron chi connectivity index (χ3n) is 4.14. The van der Waals surface area contributed by atoms with Gasteiger partial charge in [0.2, 0.25) is 5.91 Å². The minimum Gasteiger partial charge on any atom is -0.491 e. The molecule has 0 bridgehead atoms. The Morgan fingerprint density at radius 3 is 2.75 bits per heavy atom. The molecule has 134 valence electrons. The number of ether oxygens (including phenoxy) is 1. The quantitative estimate of drug-likeness (QED) is 0.623. The largest absolute Gasteiger partial charge is 0.491 e. The van der Waals surface area contributed by atoms with Crippen LogP contribution in [0.1, 0.15) is 31.2 Å². The molecule has 6 nitrogen and oxygen atoms in total. The maximum Gasteiger partial charge on any atom is 0.231 e. The summed E-state index contributed by atoms with van der Waals surface area (Å²) in [4.78, 5) is 13.0. The van der Waals surface area contributed by atoms with Gasteiger partial charge in [-0.15, -0.1) is 0 Å². The summed E-state index contributed by atoms with van der Waals surface area (Å²) >= 11 is 0. The van der Waals surface area contributed by atoms with E-state index >= 15 is 0 Å². The van der Waals surface area contributed by atoms with Crippen LogP contribution in [0.4, 0.5) is 0 Å². The second-order valence-corrected chi connectivity index (χ2v) is 6.40. The first-order chi connectivity index (χ1) is 11.6. The zero-order valence-corrected chi connectivity index (χ0v) is 14.2. The average Bonchev–Trinajstić information content (AvgIpc) is 2.82. The third kappa shape index (κ3) is 7.29. The van der Waals surface area contributed by atoms with Gasteiger partial charge >= 0.3 is 0 Å². The molecule has 0 radical (unpaired) electrons. The zero-order valence-electron chi connectivity index (χ0n) is 14.2. The Morgan fingerprint density at radius 1 is 1.29 bits per heavy atom. The highest BCUT2D eigenvalue weighted by molar-refractivity contribution is 5.75. The van der Waals surface area contributed by atoms with Crippen molar-refractivity contribution in [2.24, 2.45) is 5.73 Å². The smallest absolute Gasteiger partial charge is 0.231 e. The first-order valence-corrected chi connectivity index (χ1v) is 8.74. The Kier molecular flexibility index (Phi) is 8.01. The summed E-state index contributed by atoms with van der Waals surface area (Å²) in [6.45, 7) is 3.79. The van der Waals surface area contributed by atoms with Crippen LogP contribution in [-0.2, 0) is 11.3 Å². The van der Waals surface area contributed by atoms with Crippen molar-refractivity contribution in [1.82, 2.24) is 10.2 Å². The van der Waals surface area contributed by atoms with Crippen LogP contribution in [-0.4, -0.2) is 54.8 Å². The Hall–Kier alpha value is -1.63. The summed E-state index contributed by atoms with van der Waals surface area (Å²) in [6, 6.07) is 7.63. The van der Waals surface area contributed by atoms with Gasteiger partial charge in [-0.05, 0) is 43.6 Å². The van der Waals surface area contributed by atoms with Gasteiger partial charge in [-0.2, -0.15) is 0 Å². The SMILES string of the molecule is NC(=O)CNCc1cccc(OCC(O)CN2CCCCCC2)c1. The van der Waals surface area contributed by atoms with E-state index in [9.17, 15) is 9.90 Å². The van der Waals surface area contributed by atoms with E-state index in [0.29, 0.717) is 13.1 Å². The molecule has 1 unspecified atom stereocenters. The second kappa shape index (κ2) is 10.3. The van der Waals surface area contributed by atoms with Crippen molar-refractivity contribution in [1.29, 1.82) is 0 Å². The van der Waals surface area contributed by atoms with Crippen LogP contribution in [0.5, 0.6) is 5.75 Å². The predicted molar refractivity (Wildman–Crippen MR) is 93.8 cm³/mol. The molecule has 1 amide bonds. The summed E-state index contributed by atoms with van der Waals surface area (Å²) in [5.41, 5.74) is 6.11. The van der Waals surface area contributed by atoms with Crippen molar-refractivity contribution in [3.05, 3.63) is 29.8 Å². The Balaban J connectivity index is 1.73. The molecule has 0 aliphatic carbocycles. The van der Waals surface area contributed by atoms with E-state index in [-0.39, 0.29) is 19.1 Å². The number of aliphatic hydroxyl groups is 1. The van der Waals surface area contributed by atoms with E-state index < -0.39 is 6.10 Å². The Bertz CT molecular complexity index is 502. The number of rotatable bonds is 9. The fourth-order valence-electron chi connectivity index (χ4n) is 2.94. The Labute approximate surface area is 144 Å². The van der Waals surface area contributed by atoms with E-state index in [2.05, 4.69) is 10.2 Å². The first-order valence-electron chi connectivity index (χ1n) is 8.74. The number of hydrogen-bond donors (Lipinski definition) is 3. The molecular formula is C18H29N3O3. The molecule has 0 saturated carbocycles. The molecular weight excluding hydrogens is 306 g/mol. The number of nitrogens with zero attached hydrogens (tertiary/aromatic N) is 1. The third-order valence-corrected chi connectivity index (χ3v) is 4.14. The molecule has 1 heterocycles. The highest BCUT2D eigenvalue weighted by Crippen LogP contribution is 2.14. The molecule has 1 aromatic rings. The van der Waals surface area contributed by atoms with Crippen LogP contribution in [0, 0.1) is 0 Å². The summed E-state index contributed by atoms with van der Waals surface area (Å²) in [5, 5.41) is 13.2. The number of nitrogens with one attached hydrogen (secondary N) is 1. The average molecular weight is 335 g/mol. The lowest BCUT2D eigenvalue weighted by Crippen LogP contribution is -2.36. The maximum absolute atomic E-state index is 10.7. The van der Waals surface area contributed by atoms with Crippen molar-refractivity contribution >= 4 is 5.91 Å². The predicted octanol–water partition coefficient (Wildman–Crippen LogP) is 0.877. The molecule has 1 fully saturated rings. The number of aliphatic hydroxyl groups excluding tert-OH is 1. The van der Waals surface area contributed by atoms with Crippen molar-refractivity contribution in [2.45, 2.75) is 38.3 Å². The number of nitrogens with two attached hydrogens (primary N) is 1. The molecule has 1 saturated heterocycles. The Morgan fingerprint density at radius 2 is 2.04 bits per heavy atom. The van der Waals surface area contributed by atoms with E-state index in [1.165, 1.54) is 25.7 Å². The molecule has 0 spiro atoms. The van der Waals surface area contributed by atoms with Crippen molar-refractivity contribution < 1.29 is 14.6 Å².